The Morgan fingerprint density at radius 1 is 1.12 bits per heavy atom. The fourth-order valence-corrected chi connectivity index (χ4v) is 6.29. The summed E-state index contributed by atoms with van der Waals surface area (Å²) in [6.07, 6.45) is 2.09. The number of nitrogens with zero attached hydrogens (tertiary/aromatic N) is 3. The molecule has 5 rings (SSSR count). The number of aromatic nitrogens is 2. The summed E-state index contributed by atoms with van der Waals surface area (Å²) >= 11 is 0. The van der Waals surface area contributed by atoms with Crippen LogP contribution in [0.1, 0.15) is 61.5 Å². The van der Waals surface area contributed by atoms with Crippen molar-refractivity contribution >= 4 is 29.1 Å². The Morgan fingerprint density at radius 3 is 2.50 bits per heavy atom. The minimum atomic E-state index is -1.15. The lowest BCUT2D eigenvalue weighted by atomic mass is 9.79. The summed E-state index contributed by atoms with van der Waals surface area (Å²) in [4.78, 5) is 48.0. The maximum atomic E-state index is 16.1. The van der Waals surface area contributed by atoms with Crippen molar-refractivity contribution in [1.29, 1.82) is 0 Å². The van der Waals surface area contributed by atoms with Crippen LogP contribution in [0.2, 0.25) is 0 Å². The van der Waals surface area contributed by atoms with Crippen molar-refractivity contribution in [1.82, 2.24) is 25.1 Å². The van der Waals surface area contributed by atoms with E-state index in [0.717, 1.165) is 36.1 Å². The van der Waals surface area contributed by atoms with Crippen molar-refractivity contribution in [3.05, 3.63) is 65.2 Å². The number of halogens is 1. The van der Waals surface area contributed by atoms with Gasteiger partial charge in [-0.15, -0.1) is 0 Å². The van der Waals surface area contributed by atoms with Crippen LogP contribution in [0.4, 0.5) is 14.0 Å². The normalized spacial score (nSPS) is 23.0. The second kappa shape index (κ2) is 12.4. The molecule has 2 fully saturated rings. The van der Waals surface area contributed by atoms with Crippen molar-refractivity contribution in [3.8, 4) is 0 Å². The van der Waals surface area contributed by atoms with Crippen molar-refractivity contribution in [2.45, 2.75) is 51.2 Å². The van der Waals surface area contributed by atoms with Crippen LogP contribution >= 0.6 is 0 Å². The number of aromatic amines is 1. The van der Waals surface area contributed by atoms with Crippen molar-refractivity contribution in [2.75, 3.05) is 27.2 Å². The number of H-pyrrole nitrogens is 1. The molecule has 3 amide bonds. The van der Waals surface area contributed by atoms with Crippen LogP contribution in [-0.2, 0) is 16.1 Å². The zero-order valence-electron chi connectivity index (χ0n) is 24.2. The SMILES string of the molecule is CC1CCC([C@H](NC(=O)OCc2ccccc2)c2nc3c(F)c([C@H]4CN(C(=O)O)C[C@H]4C(=O)N(C)C)ccc3[nH]2)CC1. The van der Waals surface area contributed by atoms with Gasteiger partial charge >= 0.3 is 12.2 Å². The molecule has 0 bridgehead atoms. The smallest absolute Gasteiger partial charge is 0.408 e. The molecule has 1 saturated carbocycles. The summed E-state index contributed by atoms with van der Waals surface area (Å²) in [5.41, 5.74) is 1.68. The second-order valence-corrected chi connectivity index (χ2v) is 11.8. The Hall–Kier alpha value is -4.15. The molecule has 2 aliphatic rings. The van der Waals surface area contributed by atoms with Gasteiger partial charge in [0.2, 0.25) is 5.91 Å². The molecule has 2 aromatic carbocycles. The number of likely N-dealkylation sites (tertiary alicyclic amines) is 1. The molecular weight excluding hydrogens is 541 g/mol. The van der Waals surface area contributed by atoms with E-state index < -0.39 is 35.9 Å². The van der Waals surface area contributed by atoms with Gasteiger partial charge in [0, 0.05) is 33.1 Å². The molecule has 1 aromatic heterocycles. The number of alkyl carbamates (subject to hydrolysis) is 1. The first kappa shape index (κ1) is 29.3. The highest BCUT2D eigenvalue weighted by atomic mass is 19.1. The summed E-state index contributed by atoms with van der Waals surface area (Å²) < 4.78 is 21.6. The molecule has 1 aliphatic heterocycles. The van der Waals surface area contributed by atoms with Crippen LogP contribution in [0, 0.1) is 23.6 Å². The fourth-order valence-electron chi connectivity index (χ4n) is 6.29. The highest BCUT2D eigenvalue weighted by Crippen LogP contribution is 2.39. The first-order chi connectivity index (χ1) is 20.1. The number of nitrogens with one attached hydrogen (secondary N) is 2. The van der Waals surface area contributed by atoms with Crippen molar-refractivity contribution in [2.24, 2.45) is 17.8 Å². The average molecular weight is 580 g/mol. The molecule has 0 spiro atoms. The van der Waals surface area contributed by atoms with Gasteiger partial charge < -0.3 is 29.9 Å². The van der Waals surface area contributed by atoms with E-state index in [1.165, 1.54) is 4.90 Å². The number of benzene rings is 2. The van der Waals surface area contributed by atoms with Crippen LogP contribution in [0.15, 0.2) is 42.5 Å². The molecule has 11 heteroatoms. The summed E-state index contributed by atoms with van der Waals surface area (Å²) in [5, 5.41) is 12.6. The number of hydrogen-bond acceptors (Lipinski definition) is 5. The minimum absolute atomic E-state index is 0.00248. The van der Waals surface area contributed by atoms with Crippen LogP contribution in [0.3, 0.4) is 0 Å². The number of carbonyl (C=O) groups excluding carboxylic acids is 2. The largest absolute Gasteiger partial charge is 0.465 e. The average Bonchev–Trinajstić information content (AvgIpc) is 3.61. The Bertz CT molecular complexity index is 1440. The molecular formula is C31H38FN5O5. The summed E-state index contributed by atoms with van der Waals surface area (Å²) in [6, 6.07) is 12.2. The number of imidazole rings is 1. The maximum Gasteiger partial charge on any atom is 0.408 e. The third-order valence-electron chi connectivity index (χ3n) is 8.70. The van der Waals surface area contributed by atoms with Gasteiger partial charge in [-0.1, -0.05) is 56.2 Å². The molecule has 1 aliphatic carbocycles. The van der Waals surface area contributed by atoms with E-state index in [1.54, 1.807) is 26.2 Å². The number of carboxylic acid groups (broad SMARTS) is 1. The molecule has 3 atom stereocenters. The third-order valence-corrected chi connectivity index (χ3v) is 8.70. The fraction of sp³-hybridized carbons (Fsp3) is 0.484. The van der Waals surface area contributed by atoms with Gasteiger partial charge in [0.05, 0.1) is 17.5 Å². The molecule has 0 radical (unpaired) electrons. The first-order valence-electron chi connectivity index (χ1n) is 14.5. The third kappa shape index (κ3) is 6.19. The predicted molar refractivity (Wildman–Crippen MR) is 154 cm³/mol. The lowest BCUT2D eigenvalue weighted by molar-refractivity contribution is -0.132. The number of ether oxygens (including phenoxy) is 1. The molecule has 3 N–H and O–H groups in total. The molecule has 1 saturated heterocycles. The second-order valence-electron chi connectivity index (χ2n) is 11.8. The first-order valence-corrected chi connectivity index (χ1v) is 14.5. The molecule has 3 aromatic rings. The lowest BCUT2D eigenvalue weighted by Gasteiger charge is -2.32. The zero-order valence-corrected chi connectivity index (χ0v) is 24.2. The topological polar surface area (TPSA) is 128 Å². The van der Waals surface area contributed by atoms with Crippen molar-refractivity contribution < 1.29 is 28.6 Å². The number of amides is 3. The van der Waals surface area contributed by atoms with Gasteiger partial charge in [0.1, 0.15) is 17.9 Å². The maximum absolute atomic E-state index is 16.1. The van der Waals surface area contributed by atoms with Crippen LogP contribution in [0.25, 0.3) is 11.0 Å². The van der Waals surface area contributed by atoms with Crippen molar-refractivity contribution in [3.63, 3.8) is 0 Å². The van der Waals surface area contributed by atoms with E-state index in [9.17, 15) is 19.5 Å². The van der Waals surface area contributed by atoms with Gasteiger partial charge in [0.15, 0.2) is 5.82 Å². The standard InChI is InChI=1S/C31H38FN5O5/c1-18-9-11-20(12-10-18)26(35-30(39)42-17-19-7-5-4-6-8-19)28-33-24-14-13-21(25(32)27(24)34-28)22-15-37(31(40)41)16-23(22)29(38)36(2)3/h4-8,13-14,18,20,22-23,26H,9-12,15-17H2,1-3H3,(H,33,34)(H,35,39)(H,40,41)/t18?,20?,22-,23-,26+/m1/s1. The van der Waals surface area contributed by atoms with E-state index in [1.807, 2.05) is 30.3 Å². The number of fused-ring (bicyclic) bond motifs is 1. The Labute approximate surface area is 244 Å². The van der Waals surface area contributed by atoms with E-state index in [4.69, 9.17) is 4.74 Å². The lowest BCUT2D eigenvalue weighted by Crippen LogP contribution is -2.36. The molecule has 0 unspecified atom stereocenters. The van der Waals surface area contributed by atoms with Gasteiger partial charge in [-0.2, -0.15) is 0 Å². The van der Waals surface area contributed by atoms with Gasteiger partial charge in [-0.3, -0.25) is 4.79 Å². The highest BCUT2D eigenvalue weighted by Gasteiger charge is 2.42. The molecule has 10 nitrogen and oxygen atoms in total. The number of rotatable bonds is 7. The Balaban J connectivity index is 1.43. The zero-order chi connectivity index (χ0) is 30.0. The monoisotopic (exact) mass is 579 g/mol. The van der Waals surface area contributed by atoms with Crippen LogP contribution in [0.5, 0.6) is 0 Å². The predicted octanol–water partition coefficient (Wildman–Crippen LogP) is 5.28. The number of carbonyl (C=O) groups is 3. The van der Waals surface area contributed by atoms with E-state index >= 15 is 4.39 Å². The molecule has 2 heterocycles. The molecule has 224 valence electrons. The highest BCUT2D eigenvalue weighted by molar-refractivity contribution is 5.83. The van der Waals surface area contributed by atoms with E-state index in [0.29, 0.717) is 17.3 Å². The van der Waals surface area contributed by atoms with Gasteiger partial charge in [0.25, 0.3) is 0 Å². The molecule has 42 heavy (non-hydrogen) atoms. The summed E-state index contributed by atoms with van der Waals surface area (Å²) in [7, 11) is 3.21. The summed E-state index contributed by atoms with van der Waals surface area (Å²) in [6.45, 7) is 2.35. The van der Waals surface area contributed by atoms with E-state index in [-0.39, 0.29) is 42.6 Å². The Kier molecular flexibility index (Phi) is 8.65. The quantitative estimate of drug-likeness (QED) is 0.350. The minimum Gasteiger partial charge on any atom is -0.465 e. The van der Waals surface area contributed by atoms with E-state index in [2.05, 4.69) is 22.2 Å². The van der Waals surface area contributed by atoms with Gasteiger partial charge in [-0.25, -0.2) is 19.0 Å². The van der Waals surface area contributed by atoms with Crippen LogP contribution < -0.4 is 5.32 Å². The number of hydrogen-bond donors (Lipinski definition) is 3. The Morgan fingerprint density at radius 2 is 1.83 bits per heavy atom. The van der Waals surface area contributed by atoms with Gasteiger partial charge in [-0.05, 0) is 41.9 Å². The van der Waals surface area contributed by atoms with Crippen LogP contribution in [-0.4, -0.2) is 70.2 Å². The summed E-state index contributed by atoms with van der Waals surface area (Å²) in [5.74, 6) is -1.08.